The third kappa shape index (κ3) is 2.90. The van der Waals surface area contributed by atoms with Gasteiger partial charge in [-0.25, -0.2) is 22.0 Å². The molecular weight excluding hydrogens is 372 g/mol. The number of sulfonamides is 2. The first-order chi connectivity index (χ1) is 11.1. The van der Waals surface area contributed by atoms with E-state index in [1.54, 1.807) is 6.92 Å². The summed E-state index contributed by atoms with van der Waals surface area (Å²) in [5.74, 6) is 0. The number of halogens is 1. The van der Waals surface area contributed by atoms with Gasteiger partial charge in [0.25, 0.3) is 10.0 Å². The Morgan fingerprint density at radius 1 is 1.04 bits per heavy atom. The lowest BCUT2D eigenvalue weighted by Gasteiger charge is -2.24. The van der Waals surface area contributed by atoms with Crippen LogP contribution < -0.4 is 9.44 Å². The van der Waals surface area contributed by atoms with E-state index in [1.807, 2.05) is 0 Å². The summed E-state index contributed by atoms with van der Waals surface area (Å²) >= 11 is 5.81. The first kappa shape index (κ1) is 17.2. The zero-order valence-electron chi connectivity index (χ0n) is 12.7. The smallest absolute Gasteiger partial charge is 0.263 e. The molecule has 0 saturated heterocycles. The Balaban J connectivity index is 2.10. The second-order valence-corrected chi connectivity index (χ2v) is 9.46. The van der Waals surface area contributed by atoms with Gasteiger partial charge < -0.3 is 0 Å². The fourth-order valence-electron chi connectivity index (χ4n) is 2.84. The number of nitrogens with two attached hydrogens (primary N) is 1. The van der Waals surface area contributed by atoms with E-state index >= 15 is 0 Å². The molecule has 0 amide bonds. The predicted molar refractivity (Wildman–Crippen MR) is 92.1 cm³/mol. The van der Waals surface area contributed by atoms with Crippen LogP contribution in [0.4, 0.5) is 5.69 Å². The first-order valence-electron chi connectivity index (χ1n) is 7.06. The number of nitrogens with zero attached hydrogens (tertiary/aromatic N) is 1. The largest absolute Gasteiger partial charge is 0.264 e. The zero-order chi connectivity index (χ0) is 17.7. The fraction of sp³-hybridized carbons (Fsp3) is 0.200. The van der Waals surface area contributed by atoms with Gasteiger partial charge in [0.1, 0.15) is 0 Å². The highest BCUT2D eigenvalue weighted by Gasteiger charge is 2.36. The Kier molecular flexibility index (Phi) is 4.11. The molecule has 2 aromatic rings. The van der Waals surface area contributed by atoms with E-state index in [0.717, 1.165) is 0 Å². The molecule has 3 rings (SSSR count). The van der Waals surface area contributed by atoms with Crippen LogP contribution in [0.5, 0.6) is 0 Å². The minimum Gasteiger partial charge on any atom is -0.263 e. The van der Waals surface area contributed by atoms with Crippen LogP contribution in [0.15, 0.2) is 52.3 Å². The number of benzene rings is 2. The standard InChI is InChI=1S/C15H15ClN2O4S2/c1-10-8-11-9-14(23(17,19)20)6-7-15(11)18(10)24(21,22)13-4-2-12(16)3-5-13/h2-7,9-10H,8H2,1H3,(H2,17,19,20)/t10-/m1/s1. The normalized spacial score (nSPS) is 17.8. The molecule has 1 aliphatic heterocycles. The number of hydrogen-bond acceptors (Lipinski definition) is 4. The highest BCUT2D eigenvalue weighted by atomic mass is 35.5. The molecule has 0 spiro atoms. The lowest BCUT2D eigenvalue weighted by molar-refractivity contribution is 0.584. The molecule has 2 aromatic carbocycles. The Bertz CT molecular complexity index is 1000. The average molecular weight is 387 g/mol. The van der Waals surface area contributed by atoms with E-state index in [4.69, 9.17) is 16.7 Å². The summed E-state index contributed by atoms with van der Waals surface area (Å²) in [6.45, 7) is 1.77. The van der Waals surface area contributed by atoms with Crippen LogP contribution >= 0.6 is 11.6 Å². The van der Waals surface area contributed by atoms with Crippen LogP contribution in [0.3, 0.4) is 0 Å². The second kappa shape index (κ2) is 5.73. The van der Waals surface area contributed by atoms with Gasteiger partial charge in [0.15, 0.2) is 0 Å². The van der Waals surface area contributed by atoms with Crippen LogP contribution in [-0.4, -0.2) is 22.9 Å². The van der Waals surface area contributed by atoms with Gasteiger partial charge in [0, 0.05) is 11.1 Å². The van der Waals surface area contributed by atoms with Crippen molar-refractivity contribution in [3.8, 4) is 0 Å². The molecule has 128 valence electrons. The van der Waals surface area contributed by atoms with Gasteiger partial charge in [0.05, 0.1) is 15.5 Å². The maximum atomic E-state index is 12.9. The van der Waals surface area contributed by atoms with Crippen LogP contribution in [0.1, 0.15) is 12.5 Å². The van der Waals surface area contributed by atoms with E-state index in [1.165, 1.54) is 46.8 Å². The number of hydrogen-bond donors (Lipinski definition) is 1. The third-order valence-electron chi connectivity index (χ3n) is 3.90. The van der Waals surface area contributed by atoms with Crippen molar-refractivity contribution in [3.63, 3.8) is 0 Å². The fourth-order valence-corrected chi connectivity index (χ4v) is 5.23. The van der Waals surface area contributed by atoms with Crippen molar-refractivity contribution in [1.29, 1.82) is 0 Å². The highest BCUT2D eigenvalue weighted by Crippen LogP contribution is 2.37. The number of fused-ring (bicyclic) bond motifs is 1. The summed E-state index contributed by atoms with van der Waals surface area (Å²) in [5.41, 5.74) is 1.09. The quantitative estimate of drug-likeness (QED) is 0.873. The number of primary sulfonamides is 1. The molecule has 0 saturated carbocycles. The van der Waals surface area contributed by atoms with Crippen molar-refractivity contribution in [3.05, 3.63) is 53.1 Å². The van der Waals surface area contributed by atoms with Crippen LogP contribution in [0.25, 0.3) is 0 Å². The van der Waals surface area contributed by atoms with Crippen molar-refractivity contribution in [2.45, 2.75) is 29.2 Å². The van der Waals surface area contributed by atoms with Gasteiger partial charge in [-0.1, -0.05) is 11.6 Å². The Morgan fingerprint density at radius 3 is 2.21 bits per heavy atom. The average Bonchev–Trinajstić information content (AvgIpc) is 2.82. The van der Waals surface area contributed by atoms with E-state index in [9.17, 15) is 16.8 Å². The summed E-state index contributed by atoms with van der Waals surface area (Å²) < 4.78 is 50.1. The molecule has 0 unspecified atom stereocenters. The summed E-state index contributed by atoms with van der Waals surface area (Å²) in [4.78, 5) is 0.0984. The molecule has 2 N–H and O–H groups in total. The monoisotopic (exact) mass is 386 g/mol. The Labute approximate surface area is 146 Å². The lowest BCUT2D eigenvalue weighted by Crippen LogP contribution is -2.35. The van der Waals surface area contributed by atoms with Gasteiger partial charge in [-0.3, -0.25) is 4.31 Å². The molecule has 24 heavy (non-hydrogen) atoms. The van der Waals surface area contributed by atoms with E-state index < -0.39 is 20.0 Å². The molecule has 6 nitrogen and oxygen atoms in total. The van der Waals surface area contributed by atoms with E-state index in [2.05, 4.69) is 0 Å². The van der Waals surface area contributed by atoms with Crippen molar-refractivity contribution in [2.75, 3.05) is 4.31 Å². The van der Waals surface area contributed by atoms with Crippen molar-refractivity contribution >= 4 is 37.3 Å². The first-order valence-corrected chi connectivity index (χ1v) is 10.4. The Morgan fingerprint density at radius 2 is 1.62 bits per heavy atom. The van der Waals surface area contributed by atoms with Gasteiger partial charge in [-0.15, -0.1) is 0 Å². The van der Waals surface area contributed by atoms with Gasteiger partial charge in [-0.2, -0.15) is 0 Å². The highest BCUT2D eigenvalue weighted by molar-refractivity contribution is 7.93. The van der Waals surface area contributed by atoms with Crippen molar-refractivity contribution in [2.24, 2.45) is 5.14 Å². The molecule has 0 bridgehead atoms. The minimum absolute atomic E-state index is 0.0285. The maximum absolute atomic E-state index is 12.9. The van der Waals surface area contributed by atoms with Crippen molar-refractivity contribution < 1.29 is 16.8 Å². The van der Waals surface area contributed by atoms with Gasteiger partial charge >= 0.3 is 0 Å². The summed E-state index contributed by atoms with van der Waals surface area (Å²) in [5, 5.41) is 5.58. The number of rotatable bonds is 3. The minimum atomic E-state index is -3.83. The molecule has 0 aliphatic carbocycles. The molecule has 1 aliphatic rings. The molecule has 0 fully saturated rings. The zero-order valence-corrected chi connectivity index (χ0v) is 15.1. The SMILES string of the molecule is C[C@@H]1Cc2cc(S(N)(=O)=O)ccc2N1S(=O)(=O)c1ccc(Cl)cc1. The van der Waals surface area contributed by atoms with Gasteiger partial charge in [-0.05, 0) is 61.4 Å². The molecule has 0 aromatic heterocycles. The predicted octanol–water partition coefficient (Wildman–Crippen LogP) is 2.13. The van der Waals surface area contributed by atoms with Crippen LogP contribution in [-0.2, 0) is 26.5 Å². The molecule has 1 atom stereocenters. The Hall–Kier alpha value is -1.61. The van der Waals surface area contributed by atoms with Gasteiger partial charge in [0.2, 0.25) is 10.0 Å². The summed E-state index contributed by atoms with van der Waals surface area (Å²) in [7, 11) is -7.61. The van der Waals surface area contributed by atoms with E-state index in [-0.39, 0.29) is 15.8 Å². The van der Waals surface area contributed by atoms with Crippen LogP contribution in [0, 0.1) is 0 Å². The van der Waals surface area contributed by atoms with Crippen molar-refractivity contribution in [1.82, 2.24) is 0 Å². The summed E-state index contributed by atoms with van der Waals surface area (Å²) in [6.07, 6.45) is 0.408. The molecule has 1 heterocycles. The molecule has 0 radical (unpaired) electrons. The lowest BCUT2D eigenvalue weighted by atomic mass is 10.1. The molecular formula is C15H15ClN2O4S2. The van der Waals surface area contributed by atoms with E-state index in [0.29, 0.717) is 22.7 Å². The van der Waals surface area contributed by atoms with Crippen LogP contribution in [0.2, 0.25) is 5.02 Å². The number of anilines is 1. The topological polar surface area (TPSA) is 97.5 Å². The maximum Gasteiger partial charge on any atom is 0.264 e. The molecule has 9 heteroatoms. The third-order valence-corrected chi connectivity index (χ3v) is 7.01. The second-order valence-electron chi connectivity index (χ2n) is 5.64. The summed E-state index contributed by atoms with van der Waals surface area (Å²) in [6, 6.07) is 9.81.